The number of carboxylic acid groups (broad SMARTS) is 1. The third-order valence-electron chi connectivity index (χ3n) is 3.17. The molecule has 1 aromatic rings. The Labute approximate surface area is 131 Å². The highest BCUT2D eigenvalue weighted by molar-refractivity contribution is 5.78. The van der Waals surface area contributed by atoms with Crippen LogP contribution < -0.4 is 4.74 Å². The number of carbonyl (C=O) groups is 2. The number of nitrogens with zero attached hydrogens (tertiary/aromatic N) is 1. The van der Waals surface area contributed by atoms with Gasteiger partial charge in [-0.15, -0.1) is 0 Å². The molecule has 0 aliphatic heterocycles. The zero-order valence-corrected chi connectivity index (χ0v) is 13.5. The highest BCUT2D eigenvalue weighted by Crippen LogP contribution is 2.14. The second-order valence-corrected chi connectivity index (χ2v) is 5.84. The van der Waals surface area contributed by atoms with E-state index in [0.29, 0.717) is 31.9 Å². The van der Waals surface area contributed by atoms with E-state index in [4.69, 9.17) is 9.84 Å². The van der Waals surface area contributed by atoms with E-state index < -0.39 is 5.97 Å². The minimum Gasteiger partial charge on any atom is -0.493 e. The maximum Gasteiger partial charge on any atom is 0.303 e. The Morgan fingerprint density at radius 1 is 1.23 bits per heavy atom. The average Bonchev–Trinajstić information content (AvgIpc) is 2.45. The van der Waals surface area contributed by atoms with Crippen molar-refractivity contribution in [2.24, 2.45) is 5.92 Å². The Hall–Kier alpha value is -2.04. The molecular formula is C17H25NO4. The SMILES string of the molecule is CC(C)COc1ccc(CC(=O)N(C)CCCC(=O)O)cc1. The van der Waals surface area contributed by atoms with Crippen molar-refractivity contribution in [2.45, 2.75) is 33.1 Å². The van der Waals surface area contributed by atoms with Crippen molar-refractivity contribution in [3.8, 4) is 5.75 Å². The number of carbonyl (C=O) groups excluding carboxylic acids is 1. The first-order valence-electron chi connectivity index (χ1n) is 7.56. The van der Waals surface area contributed by atoms with Gasteiger partial charge in [-0.2, -0.15) is 0 Å². The van der Waals surface area contributed by atoms with Crippen molar-refractivity contribution in [2.75, 3.05) is 20.2 Å². The maximum absolute atomic E-state index is 12.0. The highest BCUT2D eigenvalue weighted by Gasteiger charge is 2.10. The summed E-state index contributed by atoms with van der Waals surface area (Å²) in [7, 11) is 1.70. The molecule has 5 nitrogen and oxygen atoms in total. The van der Waals surface area contributed by atoms with Crippen LogP contribution in [0.4, 0.5) is 0 Å². The van der Waals surface area contributed by atoms with E-state index in [2.05, 4.69) is 13.8 Å². The van der Waals surface area contributed by atoms with Crippen LogP contribution in [0.5, 0.6) is 5.75 Å². The first-order chi connectivity index (χ1) is 10.4. The first-order valence-corrected chi connectivity index (χ1v) is 7.56. The number of amides is 1. The molecule has 0 saturated carbocycles. The van der Waals surface area contributed by atoms with Crippen LogP contribution in [0.3, 0.4) is 0 Å². The summed E-state index contributed by atoms with van der Waals surface area (Å²) in [6.07, 6.45) is 0.868. The van der Waals surface area contributed by atoms with Crippen LogP contribution in [0.25, 0.3) is 0 Å². The fraction of sp³-hybridized carbons (Fsp3) is 0.529. The summed E-state index contributed by atoms with van der Waals surface area (Å²) < 4.78 is 5.60. The van der Waals surface area contributed by atoms with Gasteiger partial charge in [0, 0.05) is 20.0 Å². The van der Waals surface area contributed by atoms with Crippen molar-refractivity contribution < 1.29 is 19.4 Å². The molecule has 0 heterocycles. The number of aliphatic carboxylic acids is 1. The van der Waals surface area contributed by atoms with E-state index in [1.165, 1.54) is 0 Å². The number of hydrogen-bond donors (Lipinski definition) is 1. The lowest BCUT2D eigenvalue weighted by atomic mass is 10.1. The van der Waals surface area contributed by atoms with E-state index in [-0.39, 0.29) is 12.3 Å². The molecule has 22 heavy (non-hydrogen) atoms. The number of rotatable bonds is 9. The second kappa shape index (κ2) is 9.07. The summed E-state index contributed by atoms with van der Waals surface area (Å²) in [5.74, 6) is 0.430. The van der Waals surface area contributed by atoms with Gasteiger partial charge in [0.15, 0.2) is 0 Å². The molecule has 122 valence electrons. The fourth-order valence-corrected chi connectivity index (χ4v) is 1.87. The summed E-state index contributed by atoms with van der Waals surface area (Å²) in [5, 5.41) is 8.59. The maximum atomic E-state index is 12.0. The molecule has 0 radical (unpaired) electrons. The monoisotopic (exact) mass is 307 g/mol. The Balaban J connectivity index is 2.41. The lowest BCUT2D eigenvalue weighted by Crippen LogP contribution is -2.29. The molecule has 0 aromatic heterocycles. The van der Waals surface area contributed by atoms with E-state index in [1.54, 1.807) is 11.9 Å². The summed E-state index contributed by atoms with van der Waals surface area (Å²) >= 11 is 0. The van der Waals surface area contributed by atoms with Gasteiger partial charge >= 0.3 is 5.97 Å². The molecule has 5 heteroatoms. The molecule has 1 N–H and O–H groups in total. The normalized spacial score (nSPS) is 10.5. The van der Waals surface area contributed by atoms with Gasteiger partial charge in [0.2, 0.25) is 5.91 Å². The molecule has 0 unspecified atom stereocenters. The van der Waals surface area contributed by atoms with Crippen LogP contribution in [0.2, 0.25) is 0 Å². The molecule has 0 fully saturated rings. The molecule has 0 aliphatic rings. The molecule has 1 amide bonds. The van der Waals surface area contributed by atoms with E-state index in [1.807, 2.05) is 24.3 Å². The lowest BCUT2D eigenvalue weighted by Gasteiger charge is -2.16. The van der Waals surface area contributed by atoms with Gasteiger partial charge in [0.05, 0.1) is 13.0 Å². The quantitative estimate of drug-likeness (QED) is 0.761. The molecule has 1 rings (SSSR count). The summed E-state index contributed by atoms with van der Waals surface area (Å²) in [5.41, 5.74) is 0.923. The predicted octanol–water partition coefficient (Wildman–Crippen LogP) is 2.59. The average molecular weight is 307 g/mol. The van der Waals surface area contributed by atoms with Crippen molar-refractivity contribution in [1.29, 1.82) is 0 Å². The topological polar surface area (TPSA) is 66.8 Å². The second-order valence-electron chi connectivity index (χ2n) is 5.84. The molecule has 0 atom stereocenters. The number of hydrogen-bond acceptors (Lipinski definition) is 3. The first kappa shape index (κ1) is 18.0. The molecule has 0 bridgehead atoms. The molecule has 0 aliphatic carbocycles. The van der Waals surface area contributed by atoms with Gasteiger partial charge in [-0.25, -0.2) is 0 Å². The van der Waals surface area contributed by atoms with Crippen LogP contribution in [0.1, 0.15) is 32.3 Å². The summed E-state index contributed by atoms with van der Waals surface area (Å²) in [4.78, 5) is 24.1. The standard InChI is InChI=1S/C17H25NO4/c1-13(2)12-22-15-8-6-14(7-9-15)11-16(19)18(3)10-4-5-17(20)21/h6-9,13H,4-5,10-12H2,1-3H3,(H,20,21). The smallest absolute Gasteiger partial charge is 0.303 e. The van der Waals surface area contributed by atoms with E-state index in [0.717, 1.165) is 11.3 Å². The van der Waals surface area contributed by atoms with Crippen molar-refractivity contribution in [3.63, 3.8) is 0 Å². The van der Waals surface area contributed by atoms with Crippen molar-refractivity contribution in [1.82, 2.24) is 4.90 Å². The zero-order valence-electron chi connectivity index (χ0n) is 13.5. The predicted molar refractivity (Wildman–Crippen MR) is 85.0 cm³/mol. The highest BCUT2D eigenvalue weighted by atomic mass is 16.5. The number of benzene rings is 1. The van der Waals surface area contributed by atoms with Gasteiger partial charge in [0.25, 0.3) is 0 Å². The molecule has 0 saturated heterocycles. The Kier molecular flexibility index (Phi) is 7.43. The minimum absolute atomic E-state index is 0.0127. The Morgan fingerprint density at radius 3 is 2.41 bits per heavy atom. The fourth-order valence-electron chi connectivity index (χ4n) is 1.87. The number of carboxylic acids is 1. The minimum atomic E-state index is -0.835. The van der Waals surface area contributed by atoms with Crippen molar-refractivity contribution in [3.05, 3.63) is 29.8 Å². The summed E-state index contributed by atoms with van der Waals surface area (Å²) in [6.45, 7) is 5.31. The number of ether oxygens (including phenoxy) is 1. The molecule has 1 aromatic carbocycles. The van der Waals surface area contributed by atoms with Gasteiger partial charge in [-0.1, -0.05) is 26.0 Å². The van der Waals surface area contributed by atoms with Crippen LogP contribution in [0, 0.1) is 5.92 Å². The zero-order chi connectivity index (χ0) is 16.5. The van der Waals surface area contributed by atoms with Crippen molar-refractivity contribution >= 4 is 11.9 Å². The van der Waals surface area contributed by atoms with E-state index >= 15 is 0 Å². The van der Waals surface area contributed by atoms with Crippen LogP contribution in [0.15, 0.2) is 24.3 Å². The Bertz CT molecular complexity index is 482. The van der Waals surface area contributed by atoms with E-state index in [9.17, 15) is 9.59 Å². The van der Waals surface area contributed by atoms with Crippen LogP contribution in [-0.2, 0) is 16.0 Å². The molecular weight excluding hydrogens is 282 g/mol. The Morgan fingerprint density at radius 2 is 1.86 bits per heavy atom. The lowest BCUT2D eigenvalue weighted by molar-refractivity contribution is -0.138. The van der Waals surface area contributed by atoms with Gasteiger partial charge in [0.1, 0.15) is 5.75 Å². The third kappa shape index (κ3) is 7.11. The summed E-state index contributed by atoms with van der Waals surface area (Å²) in [6, 6.07) is 7.52. The number of likely N-dealkylation sites (N-methyl/N-ethyl adjacent to an activating group) is 1. The van der Waals surface area contributed by atoms with Gasteiger partial charge in [-0.05, 0) is 30.0 Å². The van der Waals surface area contributed by atoms with Gasteiger partial charge in [-0.3, -0.25) is 9.59 Å². The largest absolute Gasteiger partial charge is 0.493 e. The van der Waals surface area contributed by atoms with Gasteiger partial charge < -0.3 is 14.7 Å². The van der Waals surface area contributed by atoms with Crippen LogP contribution >= 0.6 is 0 Å². The molecule has 0 spiro atoms. The van der Waals surface area contributed by atoms with Crippen LogP contribution in [-0.4, -0.2) is 42.1 Å². The third-order valence-corrected chi connectivity index (χ3v) is 3.17.